The third-order valence-corrected chi connectivity index (χ3v) is 3.51. The van der Waals surface area contributed by atoms with Gasteiger partial charge in [-0.25, -0.2) is 9.18 Å². The number of rotatable bonds is 5. The molecule has 1 aromatic carbocycles. The molecule has 0 amide bonds. The molecule has 0 saturated carbocycles. The standard InChI is InChI=1S/C19H22FNO2/c1-5-23-19(22)18-13(4)21-17(11-15(18)9-12(2)3)14-7-6-8-16(20)10-14/h6-8,10-12H,5,9H2,1-4H3. The molecule has 122 valence electrons. The smallest absolute Gasteiger partial charge is 0.340 e. The predicted octanol–water partition coefficient (Wildman–Crippen LogP) is 4.57. The zero-order valence-corrected chi connectivity index (χ0v) is 14.0. The van der Waals surface area contributed by atoms with Crippen molar-refractivity contribution in [3.63, 3.8) is 0 Å². The Labute approximate surface area is 136 Å². The van der Waals surface area contributed by atoms with E-state index in [0.29, 0.717) is 35.0 Å². The molecule has 0 aliphatic heterocycles. The van der Waals surface area contributed by atoms with E-state index in [1.807, 2.05) is 12.1 Å². The average molecular weight is 315 g/mol. The van der Waals surface area contributed by atoms with Crippen molar-refractivity contribution in [3.8, 4) is 11.3 Å². The van der Waals surface area contributed by atoms with Crippen LogP contribution in [0.25, 0.3) is 11.3 Å². The highest BCUT2D eigenvalue weighted by atomic mass is 19.1. The minimum absolute atomic E-state index is 0.304. The SMILES string of the molecule is CCOC(=O)c1c(CC(C)C)cc(-c2cccc(F)c2)nc1C. The maximum Gasteiger partial charge on any atom is 0.340 e. The van der Waals surface area contributed by atoms with Crippen LogP contribution >= 0.6 is 0 Å². The first-order valence-corrected chi connectivity index (χ1v) is 7.86. The van der Waals surface area contributed by atoms with Gasteiger partial charge in [0.1, 0.15) is 5.82 Å². The van der Waals surface area contributed by atoms with Gasteiger partial charge in [-0.2, -0.15) is 0 Å². The fourth-order valence-corrected chi connectivity index (χ4v) is 2.62. The Kier molecular flexibility index (Phi) is 5.48. The Hall–Kier alpha value is -2.23. The molecule has 2 rings (SSSR count). The molecule has 0 unspecified atom stereocenters. The summed E-state index contributed by atoms with van der Waals surface area (Å²) in [4.78, 5) is 16.7. The van der Waals surface area contributed by atoms with E-state index in [1.54, 1.807) is 19.9 Å². The van der Waals surface area contributed by atoms with Crippen LogP contribution in [-0.4, -0.2) is 17.6 Å². The summed E-state index contributed by atoms with van der Waals surface area (Å²) in [6.07, 6.45) is 0.736. The molecule has 1 heterocycles. The summed E-state index contributed by atoms with van der Waals surface area (Å²) in [5, 5.41) is 0. The highest BCUT2D eigenvalue weighted by Gasteiger charge is 2.19. The van der Waals surface area contributed by atoms with E-state index in [-0.39, 0.29) is 11.8 Å². The van der Waals surface area contributed by atoms with Crippen LogP contribution < -0.4 is 0 Å². The van der Waals surface area contributed by atoms with Gasteiger partial charge in [0, 0.05) is 5.56 Å². The summed E-state index contributed by atoms with van der Waals surface area (Å²) >= 11 is 0. The first kappa shape index (κ1) is 17.1. The molecule has 1 aromatic heterocycles. The molecule has 0 aliphatic rings. The summed E-state index contributed by atoms with van der Waals surface area (Å²) in [5.41, 5.74) is 3.41. The summed E-state index contributed by atoms with van der Waals surface area (Å²) in [6.45, 7) is 8.08. The topological polar surface area (TPSA) is 39.2 Å². The number of ether oxygens (including phenoxy) is 1. The number of hydrogen-bond acceptors (Lipinski definition) is 3. The number of esters is 1. The van der Waals surface area contributed by atoms with Gasteiger partial charge in [0.25, 0.3) is 0 Å². The maximum atomic E-state index is 13.5. The Bertz CT molecular complexity index is 711. The number of aromatic nitrogens is 1. The Balaban J connectivity index is 2.56. The lowest BCUT2D eigenvalue weighted by Crippen LogP contribution is -2.13. The number of aryl methyl sites for hydroxylation is 1. The number of carbonyl (C=O) groups excluding carboxylic acids is 1. The summed E-state index contributed by atoms with van der Waals surface area (Å²) in [6, 6.07) is 8.19. The van der Waals surface area contributed by atoms with Crippen LogP contribution in [0, 0.1) is 18.7 Å². The Morgan fingerprint density at radius 3 is 2.65 bits per heavy atom. The van der Waals surface area contributed by atoms with E-state index < -0.39 is 0 Å². The molecule has 0 aliphatic carbocycles. The fraction of sp³-hybridized carbons (Fsp3) is 0.368. The van der Waals surface area contributed by atoms with Crippen LogP contribution in [-0.2, 0) is 11.2 Å². The molecule has 0 saturated heterocycles. The van der Waals surface area contributed by atoms with Gasteiger partial charge in [-0.3, -0.25) is 4.98 Å². The molecule has 2 aromatic rings. The van der Waals surface area contributed by atoms with Gasteiger partial charge in [-0.05, 0) is 49.9 Å². The molecule has 0 bridgehead atoms. The van der Waals surface area contributed by atoms with Crippen LogP contribution in [0.1, 0.15) is 42.4 Å². The number of halogens is 1. The average Bonchev–Trinajstić information content (AvgIpc) is 2.46. The van der Waals surface area contributed by atoms with Crippen LogP contribution in [0.5, 0.6) is 0 Å². The van der Waals surface area contributed by atoms with Crippen LogP contribution in [0.15, 0.2) is 30.3 Å². The van der Waals surface area contributed by atoms with Crippen LogP contribution in [0.4, 0.5) is 4.39 Å². The van der Waals surface area contributed by atoms with Crippen LogP contribution in [0.3, 0.4) is 0 Å². The first-order valence-electron chi connectivity index (χ1n) is 7.86. The molecule has 0 N–H and O–H groups in total. The van der Waals surface area contributed by atoms with Gasteiger partial charge in [0.15, 0.2) is 0 Å². The van der Waals surface area contributed by atoms with Crippen molar-refractivity contribution in [2.45, 2.75) is 34.1 Å². The number of benzene rings is 1. The monoisotopic (exact) mass is 315 g/mol. The van der Waals surface area contributed by atoms with Crippen molar-refractivity contribution in [2.24, 2.45) is 5.92 Å². The van der Waals surface area contributed by atoms with Gasteiger partial charge in [0.2, 0.25) is 0 Å². The molecule has 0 fully saturated rings. The van der Waals surface area contributed by atoms with Gasteiger partial charge in [-0.15, -0.1) is 0 Å². The van der Waals surface area contributed by atoms with Crippen LogP contribution in [0.2, 0.25) is 0 Å². The quantitative estimate of drug-likeness (QED) is 0.759. The van der Waals surface area contributed by atoms with Crippen molar-refractivity contribution in [2.75, 3.05) is 6.61 Å². The molecule has 23 heavy (non-hydrogen) atoms. The number of hydrogen-bond donors (Lipinski definition) is 0. The third kappa shape index (κ3) is 4.15. The largest absolute Gasteiger partial charge is 0.462 e. The van der Waals surface area contributed by atoms with Gasteiger partial charge >= 0.3 is 5.97 Å². The van der Waals surface area contributed by atoms with E-state index in [1.165, 1.54) is 12.1 Å². The van der Waals surface area contributed by atoms with E-state index in [9.17, 15) is 9.18 Å². The second-order valence-electron chi connectivity index (χ2n) is 5.96. The molecular weight excluding hydrogens is 293 g/mol. The molecule has 3 nitrogen and oxygen atoms in total. The molecule has 0 atom stereocenters. The van der Waals surface area contributed by atoms with Gasteiger partial charge in [-0.1, -0.05) is 26.0 Å². The normalized spacial score (nSPS) is 10.9. The second kappa shape index (κ2) is 7.36. The second-order valence-corrected chi connectivity index (χ2v) is 5.96. The maximum absolute atomic E-state index is 13.5. The van der Waals surface area contributed by atoms with Gasteiger partial charge < -0.3 is 4.74 Å². The summed E-state index contributed by atoms with van der Waals surface area (Å²) in [5.74, 6) is -0.272. The molecular formula is C19H22FNO2. The Morgan fingerprint density at radius 1 is 1.30 bits per heavy atom. The highest BCUT2D eigenvalue weighted by Crippen LogP contribution is 2.25. The fourth-order valence-electron chi connectivity index (χ4n) is 2.62. The molecule has 0 spiro atoms. The van der Waals surface area contributed by atoms with Crippen molar-refractivity contribution in [1.29, 1.82) is 0 Å². The van der Waals surface area contributed by atoms with Crippen molar-refractivity contribution < 1.29 is 13.9 Å². The highest BCUT2D eigenvalue weighted by molar-refractivity contribution is 5.92. The first-order chi connectivity index (χ1) is 10.9. The third-order valence-electron chi connectivity index (χ3n) is 3.51. The van der Waals surface area contributed by atoms with Crippen molar-refractivity contribution in [3.05, 3.63) is 53.0 Å². The summed E-state index contributed by atoms with van der Waals surface area (Å²) in [7, 11) is 0. The van der Waals surface area contributed by atoms with Gasteiger partial charge in [0.05, 0.1) is 23.6 Å². The number of nitrogens with zero attached hydrogens (tertiary/aromatic N) is 1. The molecule has 0 radical (unpaired) electrons. The zero-order chi connectivity index (χ0) is 17.0. The minimum Gasteiger partial charge on any atom is -0.462 e. The van der Waals surface area contributed by atoms with Crippen molar-refractivity contribution >= 4 is 5.97 Å². The number of pyridine rings is 1. The van der Waals surface area contributed by atoms with E-state index in [2.05, 4.69) is 18.8 Å². The van der Waals surface area contributed by atoms with E-state index >= 15 is 0 Å². The zero-order valence-electron chi connectivity index (χ0n) is 14.0. The predicted molar refractivity (Wildman–Crippen MR) is 88.9 cm³/mol. The van der Waals surface area contributed by atoms with Crippen molar-refractivity contribution in [1.82, 2.24) is 4.98 Å². The minimum atomic E-state index is -0.348. The molecule has 4 heteroatoms. The number of carbonyl (C=O) groups is 1. The van der Waals surface area contributed by atoms with E-state index in [0.717, 1.165) is 12.0 Å². The lowest BCUT2D eigenvalue weighted by atomic mass is 9.95. The summed E-state index contributed by atoms with van der Waals surface area (Å²) < 4.78 is 18.6. The van der Waals surface area contributed by atoms with E-state index in [4.69, 9.17) is 4.74 Å². The Morgan fingerprint density at radius 2 is 2.04 bits per heavy atom. The lowest BCUT2D eigenvalue weighted by Gasteiger charge is -2.15. The lowest BCUT2D eigenvalue weighted by molar-refractivity contribution is 0.0523.